The van der Waals surface area contributed by atoms with E-state index in [1.165, 1.54) is 7.11 Å². The molecule has 8 nitrogen and oxygen atoms in total. The fourth-order valence-corrected chi connectivity index (χ4v) is 2.32. The number of rotatable bonds is 10. The quantitative estimate of drug-likeness (QED) is 0.299. The molecule has 0 spiro atoms. The number of hydrogen-bond donors (Lipinski definition) is 0. The van der Waals surface area contributed by atoms with Gasteiger partial charge in [-0.25, -0.2) is 4.79 Å². The molecule has 0 aliphatic carbocycles. The van der Waals surface area contributed by atoms with Crippen molar-refractivity contribution >= 4 is 17.9 Å². The summed E-state index contributed by atoms with van der Waals surface area (Å²) in [5.74, 6) is 0.221. The first kappa shape index (κ1) is 27.2. The van der Waals surface area contributed by atoms with Gasteiger partial charge in [0.1, 0.15) is 24.7 Å². The lowest BCUT2D eigenvalue weighted by Gasteiger charge is -2.06. The molecule has 0 fully saturated rings. The van der Waals surface area contributed by atoms with Crippen molar-refractivity contribution in [3.05, 3.63) is 71.8 Å². The molecule has 0 amide bonds. The van der Waals surface area contributed by atoms with E-state index in [9.17, 15) is 14.4 Å². The molecule has 8 heteroatoms. The van der Waals surface area contributed by atoms with Crippen molar-refractivity contribution in [2.75, 3.05) is 21.3 Å². The van der Waals surface area contributed by atoms with Crippen LogP contribution in [0.3, 0.4) is 0 Å². The molecule has 178 valence electrons. The third kappa shape index (κ3) is 10.9. The molecule has 0 N–H and O–H groups in total. The Morgan fingerprint density at radius 3 is 1.52 bits per heavy atom. The van der Waals surface area contributed by atoms with E-state index in [2.05, 4.69) is 11.3 Å². The van der Waals surface area contributed by atoms with E-state index >= 15 is 0 Å². The average Bonchev–Trinajstić information content (AvgIpc) is 2.86. The third-order valence-electron chi connectivity index (χ3n) is 4.24. The van der Waals surface area contributed by atoms with E-state index in [0.717, 1.165) is 22.6 Å². The summed E-state index contributed by atoms with van der Waals surface area (Å²) in [6.45, 7) is 5.69. The summed E-state index contributed by atoms with van der Waals surface area (Å²) in [7, 11) is 4.43. The van der Waals surface area contributed by atoms with Gasteiger partial charge >= 0.3 is 17.9 Å². The fraction of sp³-hybridized carbons (Fsp3) is 0.320. The standard InChI is InChI=1S/C14H16O5.C11H14O3/c1-10(14(16)18-3)8-13(15)19-9-11-4-6-12(17-2)7-5-11;1-3-11(12)14-8-9-4-6-10(13-2)7-5-9/h4-7H,1,8-9H2,2-3H3;4-7H,3,8H2,1-2H3. The summed E-state index contributed by atoms with van der Waals surface area (Å²) in [5.41, 5.74) is 1.87. The molecule has 2 aromatic rings. The van der Waals surface area contributed by atoms with Crippen molar-refractivity contribution in [3.8, 4) is 11.5 Å². The Hall–Kier alpha value is -3.81. The maximum atomic E-state index is 11.5. The second kappa shape index (κ2) is 15.1. The number of hydrogen-bond acceptors (Lipinski definition) is 8. The second-order valence-electron chi connectivity index (χ2n) is 6.64. The minimum absolute atomic E-state index is 0.0715. The van der Waals surface area contributed by atoms with E-state index in [4.69, 9.17) is 18.9 Å². The molecule has 0 saturated carbocycles. The van der Waals surface area contributed by atoms with Gasteiger partial charge in [0.25, 0.3) is 0 Å². The Kier molecular flexibility index (Phi) is 12.4. The van der Waals surface area contributed by atoms with Gasteiger partial charge in [0.05, 0.1) is 27.8 Å². The molecular formula is C25H30O8. The van der Waals surface area contributed by atoms with E-state index in [0.29, 0.717) is 13.0 Å². The predicted molar refractivity (Wildman–Crippen MR) is 122 cm³/mol. The number of carbonyl (C=O) groups is 3. The third-order valence-corrected chi connectivity index (χ3v) is 4.24. The van der Waals surface area contributed by atoms with Gasteiger partial charge in [-0.2, -0.15) is 0 Å². The van der Waals surface area contributed by atoms with Gasteiger partial charge in [-0.1, -0.05) is 37.8 Å². The largest absolute Gasteiger partial charge is 0.497 e. The van der Waals surface area contributed by atoms with Crippen molar-refractivity contribution in [1.82, 2.24) is 0 Å². The lowest BCUT2D eigenvalue weighted by Crippen LogP contribution is -2.11. The summed E-state index contributed by atoms with van der Waals surface area (Å²) in [6, 6.07) is 14.6. The van der Waals surface area contributed by atoms with Gasteiger partial charge in [-0.05, 0) is 35.4 Å². The van der Waals surface area contributed by atoms with Crippen molar-refractivity contribution in [3.63, 3.8) is 0 Å². The van der Waals surface area contributed by atoms with Crippen LogP contribution >= 0.6 is 0 Å². The van der Waals surface area contributed by atoms with Crippen LogP contribution in [0.4, 0.5) is 0 Å². The number of carbonyl (C=O) groups excluding carboxylic acids is 3. The van der Waals surface area contributed by atoms with Gasteiger partial charge in [0.2, 0.25) is 0 Å². The van der Waals surface area contributed by atoms with Crippen molar-refractivity contribution in [1.29, 1.82) is 0 Å². The monoisotopic (exact) mass is 458 g/mol. The van der Waals surface area contributed by atoms with Crippen LogP contribution < -0.4 is 9.47 Å². The molecule has 0 unspecified atom stereocenters. The first-order valence-corrected chi connectivity index (χ1v) is 10.2. The van der Waals surface area contributed by atoms with Gasteiger partial charge in [0, 0.05) is 12.0 Å². The zero-order valence-corrected chi connectivity index (χ0v) is 19.4. The highest BCUT2D eigenvalue weighted by atomic mass is 16.5. The number of benzene rings is 2. The lowest BCUT2D eigenvalue weighted by molar-refractivity contribution is -0.146. The van der Waals surface area contributed by atoms with Crippen molar-refractivity contribution < 1.29 is 38.1 Å². The molecule has 0 aromatic heterocycles. The summed E-state index contributed by atoms with van der Waals surface area (Å²) in [5, 5.41) is 0. The van der Waals surface area contributed by atoms with Crippen molar-refractivity contribution in [2.45, 2.75) is 33.0 Å². The lowest BCUT2D eigenvalue weighted by atomic mass is 10.2. The number of esters is 3. The van der Waals surface area contributed by atoms with Crippen LogP contribution in [0.15, 0.2) is 60.7 Å². The van der Waals surface area contributed by atoms with Gasteiger partial charge < -0.3 is 23.7 Å². The zero-order chi connectivity index (χ0) is 24.6. The molecule has 0 radical (unpaired) electrons. The SMILES string of the molecule is C=C(CC(=O)OCc1ccc(OC)cc1)C(=O)OC.CCC(=O)OCc1ccc(OC)cc1. The van der Waals surface area contributed by atoms with Crippen LogP contribution in [-0.2, 0) is 41.8 Å². The topological polar surface area (TPSA) is 97.4 Å². The first-order chi connectivity index (χ1) is 15.8. The molecular weight excluding hydrogens is 428 g/mol. The summed E-state index contributed by atoms with van der Waals surface area (Å²) >= 11 is 0. The predicted octanol–water partition coefficient (Wildman–Crippen LogP) is 4.01. The molecule has 33 heavy (non-hydrogen) atoms. The highest BCUT2D eigenvalue weighted by molar-refractivity contribution is 5.93. The summed E-state index contributed by atoms with van der Waals surface area (Å²) in [4.78, 5) is 33.4. The minimum Gasteiger partial charge on any atom is -0.497 e. The number of ether oxygens (including phenoxy) is 5. The second-order valence-corrected chi connectivity index (χ2v) is 6.64. The van der Waals surface area contributed by atoms with E-state index in [1.54, 1.807) is 45.4 Å². The molecule has 0 atom stereocenters. The number of methoxy groups -OCH3 is 3. The van der Waals surface area contributed by atoms with Crippen LogP contribution in [0.5, 0.6) is 11.5 Å². The normalized spacial score (nSPS) is 9.58. The molecule has 0 saturated heterocycles. The Bertz CT molecular complexity index is 901. The van der Waals surface area contributed by atoms with Crippen molar-refractivity contribution in [2.24, 2.45) is 0 Å². The van der Waals surface area contributed by atoms with E-state index < -0.39 is 11.9 Å². The summed E-state index contributed by atoms with van der Waals surface area (Å²) in [6.07, 6.45) is 0.235. The Labute approximate surface area is 194 Å². The first-order valence-electron chi connectivity index (χ1n) is 10.2. The molecule has 2 rings (SSSR count). The smallest absolute Gasteiger partial charge is 0.333 e. The van der Waals surface area contributed by atoms with Gasteiger partial charge in [-0.15, -0.1) is 0 Å². The molecule has 2 aromatic carbocycles. The minimum atomic E-state index is -0.610. The maximum Gasteiger partial charge on any atom is 0.333 e. The van der Waals surface area contributed by atoms with Crippen LogP contribution in [0.25, 0.3) is 0 Å². The Morgan fingerprint density at radius 1 is 0.727 bits per heavy atom. The van der Waals surface area contributed by atoms with Crippen LogP contribution in [0, 0.1) is 0 Å². The van der Waals surface area contributed by atoms with E-state index in [1.807, 2.05) is 24.3 Å². The molecule has 0 heterocycles. The average molecular weight is 459 g/mol. The van der Waals surface area contributed by atoms with Crippen LogP contribution in [-0.4, -0.2) is 39.2 Å². The molecule has 0 bridgehead atoms. The van der Waals surface area contributed by atoms with E-state index in [-0.39, 0.29) is 24.6 Å². The summed E-state index contributed by atoms with van der Waals surface area (Å²) < 4.78 is 24.5. The highest BCUT2D eigenvalue weighted by Crippen LogP contribution is 2.13. The highest BCUT2D eigenvalue weighted by Gasteiger charge is 2.13. The van der Waals surface area contributed by atoms with Gasteiger partial charge in [0.15, 0.2) is 0 Å². The van der Waals surface area contributed by atoms with Gasteiger partial charge in [-0.3, -0.25) is 9.59 Å². The Balaban J connectivity index is 0.000000346. The molecule has 0 aliphatic rings. The Morgan fingerprint density at radius 2 is 1.15 bits per heavy atom. The van der Waals surface area contributed by atoms with Crippen LogP contribution in [0.2, 0.25) is 0 Å². The zero-order valence-electron chi connectivity index (χ0n) is 19.4. The fourth-order valence-electron chi connectivity index (χ4n) is 2.32. The van der Waals surface area contributed by atoms with Crippen LogP contribution in [0.1, 0.15) is 30.9 Å². The maximum absolute atomic E-state index is 11.5. The molecule has 0 aliphatic heterocycles.